The number of aryl methyl sites for hydroxylation is 1. The van der Waals surface area contributed by atoms with Gasteiger partial charge in [-0.05, 0) is 30.7 Å². The number of sulfonamides is 1. The number of carbonyl (C=O) groups is 1. The van der Waals surface area contributed by atoms with E-state index >= 15 is 0 Å². The first kappa shape index (κ1) is 19.9. The van der Waals surface area contributed by atoms with Gasteiger partial charge in [0.2, 0.25) is 0 Å². The summed E-state index contributed by atoms with van der Waals surface area (Å²) in [6.07, 6.45) is 4.44. The Morgan fingerprint density at radius 1 is 1.07 bits per heavy atom. The molecule has 1 heterocycles. The summed E-state index contributed by atoms with van der Waals surface area (Å²) >= 11 is 0. The summed E-state index contributed by atoms with van der Waals surface area (Å²) in [7, 11) is -4.02. The molecular formula is C21H21NO5S. The Morgan fingerprint density at radius 2 is 1.79 bits per heavy atom. The van der Waals surface area contributed by atoms with Crippen LogP contribution in [0.2, 0.25) is 0 Å². The van der Waals surface area contributed by atoms with Gasteiger partial charge in [-0.15, -0.1) is 0 Å². The minimum Gasteiger partial charge on any atom is -0.442 e. The lowest BCUT2D eigenvalue weighted by Crippen LogP contribution is -2.30. The minimum atomic E-state index is -4.02. The second-order valence-corrected chi connectivity index (χ2v) is 7.97. The summed E-state index contributed by atoms with van der Waals surface area (Å²) in [6.45, 7) is 2.27. The highest BCUT2D eigenvalue weighted by atomic mass is 32.2. The lowest BCUT2D eigenvalue weighted by atomic mass is 10.2. The third-order valence-electron chi connectivity index (χ3n) is 4.09. The third-order valence-corrected chi connectivity index (χ3v) is 5.82. The van der Waals surface area contributed by atoms with Crippen LogP contribution in [0.4, 0.5) is 4.79 Å². The van der Waals surface area contributed by atoms with E-state index in [1.807, 2.05) is 49.4 Å². The van der Waals surface area contributed by atoms with E-state index in [0.717, 1.165) is 11.1 Å². The number of benzene rings is 2. The Labute approximate surface area is 164 Å². The van der Waals surface area contributed by atoms with Gasteiger partial charge in [0.25, 0.3) is 10.0 Å². The van der Waals surface area contributed by atoms with Gasteiger partial charge in [0.15, 0.2) is 0 Å². The van der Waals surface area contributed by atoms with Crippen molar-refractivity contribution >= 4 is 22.2 Å². The minimum absolute atomic E-state index is 0.0366. The molecule has 3 rings (SSSR count). The van der Waals surface area contributed by atoms with Crippen LogP contribution in [0, 0.1) is 6.92 Å². The molecule has 1 aliphatic rings. The molecule has 7 heteroatoms. The van der Waals surface area contributed by atoms with Gasteiger partial charge in [0, 0.05) is 0 Å². The van der Waals surface area contributed by atoms with Crippen LogP contribution < -0.4 is 0 Å². The Morgan fingerprint density at radius 3 is 2.50 bits per heavy atom. The van der Waals surface area contributed by atoms with Gasteiger partial charge in [-0.25, -0.2) is 13.2 Å². The Balaban J connectivity index is 1.63. The SMILES string of the molecule is Cc1ccc(S(=O)(=O)N2C(=O)OC/C2=C\COC/C=C/c2ccccc2)cc1. The number of carbonyl (C=O) groups excluding carboxylic acids is 1. The van der Waals surface area contributed by atoms with Crippen LogP contribution in [0.25, 0.3) is 6.08 Å². The number of cyclic esters (lactones) is 1. The highest BCUT2D eigenvalue weighted by molar-refractivity contribution is 7.89. The molecule has 0 aromatic heterocycles. The fraction of sp³-hybridized carbons (Fsp3) is 0.190. The predicted octanol–water partition coefficient (Wildman–Crippen LogP) is 3.75. The second kappa shape index (κ2) is 8.86. The van der Waals surface area contributed by atoms with Gasteiger partial charge in [-0.1, -0.05) is 60.2 Å². The van der Waals surface area contributed by atoms with Gasteiger partial charge in [0.1, 0.15) is 6.61 Å². The first-order valence-electron chi connectivity index (χ1n) is 8.75. The Kier molecular flexibility index (Phi) is 6.28. The van der Waals surface area contributed by atoms with E-state index in [-0.39, 0.29) is 23.8 Å². The summed E-state index contributed by atoms with van der Waals surface area (Å²) in [5.74, 6) is 0. The summed E-state index contributed by atoms with van der Waals surface area (Å²) < 4.78 is 36.7. The standard InChI is InChI=1S/C21H21NO5S/c1-17-9-11-20(12-10-17)28(24,25)22-19(16-27-21(22)23)13-15-26-14-5-8-18-6-3-2-4-7-18/h2-13H,14-16H2,1H3/b8-5+,19-13+. The van der Waals surface area contributed by atoms with Crippen LogP contribution >= 0.6 is 0 Å². The molecule has 28 heavy (non-hydrogen) atoms. The zero-order valence-electron chi connectivity index (χ0n) is 15.4. The monoisotopic (exact) mass is 399 g/mol. The summed E-state index contributed by atoms with van der Waals surface area (Å²) in [4.78, 5) is 12.0. The van der Waals surface area contributed by atoms with E-state index < -0.39 is 16.1 Å². The highest BCUT2D eigenvalue weighted by Gasteiger charge is 2.38. The van der Waals surface area contributed by atoms with Gasteiger partial charge >= 0.3 is 6.09 Å². The van der Waals surface area contributed by atoms with Crippen molar-refractivity contribution in [1.82, 2.24) is 4.31 Å². The van der Waals surface area contributed by atoms with Crippen LogP contribution in [0.3, 0.4) is 0 Å². The number of amides is 1. The zero-order valence-corrected chi connectivity index (χ0v) is 16.3. The molecule has 0 aliphatic carbocycles. The molecule has 2 aromatic rings. The average molecular weight is 399 g/mol. The molecule has 0 saturated carbocycles. The van der Waals surface area contributed by atoms with E-state index in [9.17, 15) is 13.2 Å². The van der Waals surface area contributed by atoms with Gasteiger partial charge in [0.05, 0.1) is 23.8 Å². The van der Waals surface area contributed by atoms with Crippen molar-refractivity contribution in [3.8, 4) is 0 Å². The average Bonchev–Trinajstić information content (AvgIpc) is 3.07. The van der Waals surface area contributed by atoms with Crippen molar-refractivity contribution in [3.05, 3.63) is 83.6 Å². The lowest BCUT2D eigenvalue weighted by molar-refractivity contribution is 0.170. The van der Waals surface area contributed by atoms with Crippen LogP contribution in [0.1, 0.15) is 11.1 Å². The maximum absolute atomic E-state index is 12.8. The lowest BCUT2D eigenvalue weighted by Gasteiger charge is -2.15. The number of nitrogens with zero attached hydrogens (tertiary/aromatic N) is 1. The van der Waals surface area contributed by atoms with Crippen LogP contribution in [-0.4, -0.2) is 38.6 Å². The van der Waals surface area contributed by atoms with E-state index in [1.54, 1.807) is 18.2 Å². The molecule has 146 valence electrons. The molecule has 0 radical (unpaired) electrons. The van der Waals surface area contributed by atoms with Crippen molar-refractivity contribution in [2.45, 2.75) is 11.8 Å². The van der Waals surface area contributed by atoms with Gasteiger partial charge in [-0.2, -0.15) is 4.31 Å². The molecule has 1 aliphatic heterocycles. The number of hydrogen-bond acceptors (Lipinski definition) is 5. The van der Waals surface area contributed by atoms with Crippen LogP contribution in [0.15, 0.2) is 77.3 Å². The third kappa shape index (κ3) is 4.68. The topological polar surface area (TPSA) is 72.9 Å². The summed E-state index contributed by atoms with van der Waals surface area (Å²) in [5, 5.41) is 0. The molecule has 6 nitrogen and oxygen atoms in total. The van der Waals surface area contributed by atoms with E-state index in [2.05, 4.69) is 0 Å². The maximum atomic E-state index is 12.8. The maximum Gasteiger partial charge on any atom is 0.428 e. The van der Waals surface area contributed by atoms with E-state index in [1.165, 1.54) is 12.1 Å². The zero-order chi connectivity index (χ0) is 20.0. The quantitative estimate of drug-likeness (QED) is 0.663. The van der Waals surface area contributed by atoms with Crippen molar-refractivity contribution in [2.24, 2.45) is 0 Å². The highest BCUT2D eigenvalue weighted by Crippen LogP contribution is 2.26. The summed E-state index contributed by atoms with van der Waals surface area (Å²) in [6, 6.07) is 16.1. The number of rotatable bonds is 7. The molecular weight excluding hydrogens is 378 g/mol. The van der Waals surface area contributed by atoms with Gasteiger partial charge < -0.3 is 9.47 Å². The molecule has 0 atom stereocenters. The van der Waals surface area contributed by atoms with Gasteiger partial charge in [-0.3, -0.25) is 0 Å². The van der Waals surface area contributed by atoms with Crippen molar-refractivity contribution < 1.29 is 22.7 Å². The molecule has 1 saturated heterocycles. The molecule has 1 fully saturated rings. The smallest absolute Gasteiger partial charge is 0.428 e. The number of hydrogen-bond donors (Lipinski definition) is 0. The van der Waals surface area contributed by atoms with Crippen LogP contribution in [-0.2, 0) is 19.5 Å². The fourth-order valence-electron chi connectivity index (χ4n) is 2.62. The molecule has 0 spiro atoms. The van der Waals surface area contributed by atoms with E-state index in [4.69, 9.17) is 9.47 Å². The Bertz CT molecular complexity index is 979. The Hall–Kier alpha value is -2.90. The molecule has 0 bridgehead atoms. The number of ether oxygens (including phenoxy) is 2. The summed E-state index contributed by atoms with van der Waals surface area (Å²) in [5.41, 5.74) is 2.24. The van der Waals surface area contributed by atoms with E-state index in [0.29, 0.717) is 10.9 Å². The normalized spacial score (nSPS) is 16.1. The molecule has 1 amide bonds. The van der Waals surface area contributed by atoms with Crippen molar-refractivity contribution in [1.29, 1.82) is 0 Å². The van der Waals surface area contributed by atoms with Crippen LogP contribution in [0.5, 0.6) is 0 Å². The predicted molar refractivity (Wildman–Crippen MR) is 106 cm³/mol. The largest absolute Gasteiger partial charge is 0.442 e. The fourth-order valence-corrected chi connectivity index (χ4v) is 4.00. The molecule has 0 unspecified atom stereocenters. The molecule has 0 N–H and O–H groups in total. The first-order valence-corrected chi connectivity index (χ1v) is 10.2. The van der Waals surface area contributed by atoms with Crippen molar-refractivity contribution in [3.63, 3.8) is 0 Å². The second-order valence-electron chi connectivity index (χ2n) is 6.18. The molecule has 2 aromatic carbocycles. The van der Waals surface area contributed by atoms with Crippen molar-refractivity contribution in [2.75, 3.05) is 19.8 Å². The first-order chi connectivity index (χ1) is 13.5.